The van der Waals surface area contributed by atoms with Gasteiger partial charge in [-0.15, -0.1) is 13.2 Å². The van der Waals surface area contributed by atoms with Gasteiger partial charge in [-0.3, -0.25) is 19.3 Å². The molecule has 1 spiro atoms. The number of hydrogen-bond donors (Lipinski definition) is 1. The third-order valence-corrected chi connectivity index (χ3v) is 10.2. The largest absolute Gasteiger partial charge is 0.394 e. The van der Waals surface area contributed by atoms with E-state index in [1.54, 1.807) is 28.9 Å². The summed E-state index contributed by atoms with van der Waals surface area (Å²) in [5.41, 5.74) is -1.02. The first-order chi connectivity index (χ1) is 21.3. The maximum absolute atomic E-state index is 14.6. The molecule has 5 rings (SSSR count). The number of morpholine rings is 1. The molecule has 2 bridgehead atoms. The molecule has 10 heteroatoms. The summed E-state index contributed by atoms with van der Waals surface area (Å²) in [6.45, 7) is 16.3. The van der Waals surface area contributed by atoms with Gasteiger partial charge in [0.2, 0.25) is 17.7 Å². The molecule has 2 unspecified atom stereocenters. The van der Waals surface area contributed by atoms with Crippen LogP contribution in [0.2, 0.25) is 0 Å². The normalized spacial score (nSPS) is 30.2. The van der Waals surface area contributed by atoms with E-state index in [0.717, 1.165) is 18.7 Å². The van der Waals surface area contributed by atoms with Crippen molar-refractivity contribution in [1.29, 1.82) is 0 Å². The van der Waals surface area contributed by atoms with Gasteiger partial charge in [-0.2, -0.15) is 0 Å². The molecule has 4 heterocycles. The molecule has 0 saturated carbocycles. The lowest BCUT2D eigenvalue weighted by molar-refractivity contribution is -0.157. The maximum atomic E-state index is 14.6. The SMILES string of the molecule is C=CCN(CCN1CCOCC1)C(=O)C1N([C@H](C)CO)C(=O)[C@@H]2[C@@H](C(=O)N(CC=C)Cc3ccccc3)[C@@]3(CC)CCC12O3. The highest BCUT2D eigenvalue weighted by molar-refractivity contribution is 5.99. The minimum Gasteiger partial charge on any atom is -0.394 e. The number of carbonyl (C=O) groups excluding carboxylic acids is 3. The van der Waals surface area contributed by atoms with Crippen LogP contribution in [0.3, 0.4) is 0 Å². The number of rotatable bonds is 14. The zero-order chi connectivity index (χ0) is 31.5. The van der Waals surface area contributed by atoms with E-state index in [-0.39, 0.29) is 24.3 Å². The van der Waals surface area contributed by atoms with E-state index in [1.807, 2.05) is 37.3 Å². The topological polar surface area (TPSA) is 103 Å². The lowest BCUT2D eigenvalue weighted by atomic mass is 9.64. The van der Waals surface area contributed by atoms with Crippen LogP contribution in [0.25, 0.3) is 0 Å². The van der Waals surface area contributed by atoms with Crippen LogP contribution in [0.5, 0.6) is 0 Å². The number of likely N-dealkylation sites (tertiary alicyclic amines) is 1. The van der Waals surface area contributed by atoms with Crippen LogP contribution in [0.15, 0.2) is 55.6 Å². The molecule has 4 saturated heterocycles. The molecule has 44 heavy (non-hydrogen) atoms. The van der Waals surface area contributed by atoms with Crippen molar-refractivity contribution >= 4 is 17.7 Å². The smallest absolute Gasteiger partial charge is 0.248 e. The first-order valence-electron chi connectivity index (χ1n) is 16.0. The first kappa shape index (κ1) is 32.3. The van der Waals surface area contributed by atoms with E-state index in [2.05, 4.69) is 18.1 Å². The second-order valence-corrected chi connectivity index (χ2v) is 12.6. The highest BCUT2D eigenvalue weighted by atomic mass is 16.5. The van der Waals surface area contributed by atoms with Gasteiger partial charge in [-0.25, -0.2) is 0 Å². The highest BCUT2D eigenvalue weighted by Gasteiger charge is 2.79. The van der Waals surface area contributed by atoms with E-state index < -0.39 is 35.1 Å². The molecular formula is C34H48N4O6. The van der Waals surface area contributed by atoms with Gasteiger partial charge in [-0.05, 0) is 31.7 Å². The standard InChI is InChI=1S/C34H48N4O6/c1-5-15-36(18-17-35-19-21-43-22-20-35)32(42)29-34-14-13-33(7-3,44-34)27(28(34)31(41)38(29)25(4)24-39)30(40)37(16-6-2)23-26-11-9-8-10-12-26/h5-6,8-12,25,27-29,39H,1-2,7,13-24H2,3-4H3/t25-,27+,28+,29?,33-,34?/m1/s1. The Bertz CT molecular complexity index is 1220. The maximum Gasteiger partial charge on any atom is 0.248 e. The number of aliphatic hydroxyl groups excluding tert-OH is 1. The van der Waals surface area contributed by atoms with E-state index in [1.165, 1.54) is 4.90 Å². The third-order valence-electron chi connectivity index (χ3n) is 10.2. The van der Waals surface area contributed by atoms with Gasteiger partial charge in [0, 0.05) is 45.8 Å². The van der Waals surface area contributed by atoms with Crippen molar-refractivity contribution in [2.24, 2.45) is 11.8 Å². The summed E-state index contributed by atoms with van der Waals surface area (Å²) in [7, 11) is 0. The number of aliphatic hydroxyl groups is 1. The van der Waals surface area contributed by atoms with Gasteiger partial charge in [-0.1, -0.05) is 49.4 Å². The Balaban J connectivity index is 1.50. The Hall–Kier alpha value is -3.05. The van der Waals surface area contributed by atoms with Gasteiger partial charge in [0.05, 0.1) is 43.3 Å². The van der Waals surface area contributed by atoms with E-state index in [0.29, 0.717) is 65.2 Å². The Morgan fingerprint density at radius 1 is 1.09 bits per heavy atom. The molecule has 6 atom stereocenters. The fraction of sp³-hybridized carbons (Fsp3) is 0.618. The second-order valence-electron chi connectivity index (χ2n) is 12.6. The zero-order valence-corrected chi connectivity index (χ0v) is 26.2. The van der Waals surface area contributed by atoms with Crippen molar-refractivity contribution in [3.63, 3.8) is 0 Å². The van der Waals surface area contributed by atoms with Gasteiger partial charge >= 0.3 is 0 Å². The number of nitrogens with zero attached hydrogens (tertiary/aromatic N) is 4. The quantitative estimate of drug-likeness (QED) is 0.323. The van der Waals surface area contributed by atoms with Crippen LogP contribution in [-0.2, 0) is 30.4 Å². The predicted octanol–water partition coefficient (Wildman–Crippen LogP) is 2.08. The van der Waals surface area contributed by atoms with E-state index in [4.69, 9.17) is 9.47 Å². The summed E-state index contributed by atoms with van der Waals surface area (Å²) in [5, 5.41) is 10.3. The number of carbonyl (C=O) groups is 3. The van der Waals surface area contributed by atoms with Crippen molar-refractivity contribution in [2.45, 2.75) is 62.9 Å². The molecule has 4 aliphatic heterocycles. The molecule has 240 valence electrons. The summed E-state index contributed by atoms with van der Waals surface area (Å²) in [5.74, 6) is -2.23. The number of ether oxygens (including phenoxy) is 2. The van der Waals surface area contributed by atoms with Crippen molar-refractivity contribution in [3.8, 4) is 0 Å². The molecule has 0 aliphatic carbocycles. The zero-order valence-electron chi connectivity index (χ0n) is 26.2. The minimum absolute atomic E-state index is 0.157. The first-order valence-corrected chi connectivity index (χ1v) is 16.0. The summed E-state index contributed by atoms with van der Waals surface area (Å²) < 4.78 is 12.4. The molecule has 10 nitrogen and oxygen atoms in total. The van der Waals surface area contributed by atoms with Gasteiger partial charge < -0.3 is 29.3 Å². The van der Waals surface area contributed by atoms with Crippen LogP contribution in [0.4, 0.5) is 0 Å². The lowest BCUT2D eigenvalue weighted by Crippen LogP contribution is -2.59. The van der Waals surface area contributed by atoms with Crippen LogP contribution in [-0.4, -0.2) is 125 Å². The third kappa shape index (κ3) is 5.62. The second kappa shape index (κ2) is 13.5. The summed E-state index contributed by atoms with van der Waals surface area (Å²) in [6, 6.07) is 8.20. The molecule has 4 fully saturated rings. The minimum atomic E-state index is -1.15. The molecule has 1 N–H and O–H groups in total. The van der Waals surface area contributed by atoms with Crippen molar-refractivity contribution in [2.75, 3.05) is 59.1 Å². The number of hydrogen-bond acceptors (Lipinski definition) is 7. The van der Waals surface area contributed by atoms with E-state index >= 15 is 0 Å². The molecule has 1 aromatic carbocycles. The average molecular weight is 609 g/mol. The Kier molecular flexibility index (Phi) is 9.94. The monoisotopic (exact) mass is 608 g/mol. The molecule has 0 aromatic heterocycles. The van der Waals surface area contributed by atoms with Crippen LogP contribution < -0.4 is 0 Å². The summed E-state index contributed by atoms with van der Waals surface area (Å²) in [6.07, 6.45) is 5.03. The van der Waals surface area contributed by atoms with Crippen LogP contribution in [0, 0.1) is 11.8 Å². The van der Waals surface area contributed by atoms with E-state index in [9.17, 15) is 19.5 Å². The molecule has 1 aromatic rings. The Morgan fingerprint density at radius 2 is 1.77 bits per heavy atom. The van der Waals surface area contributed by atoms with Gasteiger partial charge in [0.15, 0.2) is 0 Å². The number of benzene rings is 1. The average Bonchev–Trinajstić information content (AvgIpc) is 3.66. The summed E-state index contributed by atoms with van der Waals surface area (Å²) >= 11 is 0. The highest BCUT2D eigenvalue weighted by Crippen LogP contribution is 2.65. The number of fused-ring (bicyclic) bond motifs is 1. The molecule has 3 amide bonds. The molecule has 4 aliphatic rings. The van der Waals surface area contributed by atoms with Gasteiger partial charge in [0.1, 0.15) is 11.6 Å². The fourth-order valence-corrected chi connectivity index (χ4v) is 7.97. The number of amides is 3. The molecule has 0 radical (unpaired) electrons. The fourth-order valence-electron chi connectivity index (χ4n) is 7.97. The van der Waals surface area contributed by atoms with Crippen LogP contribution >= 0.6 is 0 Å². The Morgan fingerprint density at radius 3 is 2.41 bits per heavy atom. The lowest BCUT2D eigenvalue weighted by Gasteiger charge is -2.39. The van der Waals surface area contributed by atoms with Crippen molar-refractivity contribution < 1.29 is 29.0 Å². The van der Waals surface area contributed by atoms with Crippen LogP contribution in [0.1, 0.15) is 38.7 Å². The summed E-state index contributed by atoms with van der Waals surface area (Å²) in [4.78, 5) is 51.0. The predicted molar refractivity (Wildman–Crippen MR) is 166 cm³/mol. The van der Waals surface area contributed by atoms with Crippen molar-refractivity contribution in [1.82, 2.24) is 19.6 Å². The Labute approximate surface area is 261 Å². The van der Waals surface area contributed by atoms with Gasteiger partial charge in [0.25, 0.3) is 0 Å². The van der Waals surface area contributed by atoms with Crippen molar-refractivity contribution in [3.05, 3.63) is 61.2 Å². The molecular weight excluding hydrogens is 560 g/mol.